The van der Waals surface area contributed by atoms with Crippen LogP contribution >= 0.6 is 12.6 Å². The first-order valence-corrected chi connectivity index (χ1v) is 6.82. The molecule has 4 heteroatoms. The Bertz CT molecular complexity index is 266. The molecular formula is C12H21NO2S. The van der Waals surface area contributed by atoms with Crippen molar-refractivity contribution in [3.63, 3.8) is 0 Å². The molecule has 1 N–H and O–H groups in total. The molecule has 0 aromatic heterocycles. The normalized spacial score (nSPS) is 27.1. The molecule has 1 unspecified atom stereocenters. The van der Waals surface area contributed by atoms with Gasteiger partial charge in [0.1, 0.15) is 0 Å². The SMILES string of the molecule is O=C(CC1(CS)CC1)N1CCC(CCO)C1. The minimum atomic E-state index is 0.231. The van der Waals surface area contributed by atoms with E-state index < -0.39 is 0 Å². The molecule has 1 saturated heterocycles. The molecule has 1 amide bonds. The molecule has 2 rings (SSSR count). The Morgan fingerprint density at radius 3 is 2.81 bits per heavy atom. The number of rotatable bonds is 5. The van der Waals surface area contributed by atoms with Gasteiger partial charge in [0.2, 0.25) is 5.91 Å². The van der Waals surface area contributed by atoms with Crippen LogP contribution in [0.1, 0.15) is 32.1 Å². The van der Waals surface area contributed by atoms with Crippen LogP contribution in [0.25, 0.3) is 0 Å². The van der Waals surface area contributed by atoms with Crippen LogP contribution in [-0.4, -0.2) is 41.4 Å². The van der Waals surface area contributed by atoms with E-state index in [2.05, 4.69) is 12.6 Å². The smallest absolute Gasteiger partial charge is 0.223 e. The Balaban J connectivity index is 1.78. The molecule has 3 nitrogen and oxygen atoms in total. The third-order valence-corrected chi connectivity index (χ3v) is 4.67. The first-order valence-electron chi connectivity index (χ1n) is 6.19. The van der Waals surface area contributed by atoms with E-state index in [4.69, 9.17) is 5.11 Å². The summed E-state index contributed by atoms with van der Waals surface area (Å²) in [4.78, 5) is 14.0. The topological polar surface area (TPSA) is 40.5 Å². The molecule has 92 valence electrons. The van der Waals surface area contributed by atoms with Gasteiger partial charge in [-0.05, 0) is 42.8 Å². The number of aliphatic hydroxyl groups excluding tert-OH is 1. The van der Waals surface area contributed by atoms with E-state index in [1.165, 1.54) is 0 Å². The van der Waals surface area contributed by atoms with Crippen LogP contribution in [0.5, 0.6) is 0 Å². The van der Waals surface area contributed by atoms with Crippen molar-refractivity contribution in [2.75, 3.05) is 25.4 Å². The van der Waals surface area contributed by atoms with Gasteiger partial charge in [-0.15, -0.1) is 0 Å². The third kappa shape index (κ3) is 2.72. The maximum atomic E-state index is 12.0. The van der Waals surface area contributed by atoms with Crippen molar-refractivity contribution in [3.05, 3.63) is 0 Å². The zero-order chi connectivity index (χ0) is 11.6. The molecule has 16 heavy (non-hydrogen) atoms. The molecule has 0 aromatic rings. The summed E-state index contributed by atoms with van der Waals surface area (Å²) in [7, 11) is 0. The summed E-state index contributed by atoms with van der Waals surface area (Å²) in [6.45, 7) is 1.97. The zero-order valence-corrected chi connectivity index (χ0v) is 10.6. The Morgan fingerprint density at radius 2 is 2.25 bits per heavy atom. The first-order chi connectivity index (χ1) is 7.69. The maximum Gasteiger partial charge on any atom is 0.223 e. The molecule has 1 aliphatic heterocycles. The lowest BCUT2D eigenvalue weighted by Gasteiger charge is -2.19. The van der Waals surface area contributed by atoms with Crippen LogP contribution in [0.15, 0.2) is 0 Å². The number of hydrogen-bond acceptors (Lipinski definition) is 3. The number of amides is 1. The van der Waals surface area contributed by atoms with Crippen LogP contribution in [-0.2, 0) is 4.79 Å². The molecule has 1 saturated carbocycles. The summed E-state index contributed by atoms with van der Waals surface area (Å²) in [5.74, 6) is 1.65. The van der Waals surface area contributed by atoms with E-state index in [-0.39, 0.29) is 12.0 Å². The molecular weight excluding hydrogens is 222 g/mol. The van der Waals surface area contributed by atoms with E-state index in [1.807, 2.05) is 4.90 Å². The van der Waals surface area contributed by atoms with Crippen LogP contribution in [0.2, 0.25) is 0 Å². The van der Waals surface area contributed by atoms with E-state index >= 15 is 0 Å². The van der Waals surface area contributed by atoms with Crippen LogP contribution < -0.4 is 0 Å². The Hall–Kier alpha value is -0.220. The highest BCUT2D eigenvalue weighted by atomic mass is 32.1. The number of hydrogen-bond donors (Lipinski definition) is 2. The maximum absolute atomic E-state index is 12.0. The fraction of sp³-hybridized carbons (Fsp3) is 0.917. The molecule has 0 aromatic carbocycles. The highest BCUT2D eigenvalue weighted by Gasteiger charge is 2.44. The van der Waals surface area contributed by atoms with Gasteiger partial charge in [0.15, 0.2) is 0 Å². The number of thiol groups is 1. The number of aliphatic hydroxyl groups is 1. The van der Waals surface area contributed by atoms with Gasteiger partial charge < -0.3 is 10.0 Å². The fourth-order valence-corrected chi connectivity index (χ4v) is 2.91. The molecule has 0 spiro atoms. The summed E-state index contributed by atoms with van der Waals surface area (Å²) >= 11 is 4.33. The van der Waals surface area contributed by atoms with E-state index in [0.717, 1.165) is 44.5 Å². The van der Waals surface area contributed by atoms with E-state index in [0.29, 0.717) is 18.2 Å². The summed E-state index contributed by atoms with van der Waals surface area (Å²) in [6.07, 6.45) is 4.90. The van der Waals surface area contributed by atoms with Gasteiger partial charge in [0.05, 0.1) is 0 Å². The fourth-order valence-electron chi connectivity index (χ4n) is 2.48. The van der Waals surface area contributed by atoms with Crippen molar-refractivity contribution in [2.45, 2.75) is 32.1 Å². The average molecular weight is 243 g/mol. The lowest BCUT2D eigenvalue weighted by atomic mass is 10.0. The van der Waals surface area contributed by atoms with Crippen molar-refractivity contribution in [3.8, 4) is 0 Å². The lowest BCUT2D eigenvalue weighted by Crippen LogP contribution is -2.31. The van der Waals surface area contributed by atoms with Crippen LogP contribution in [0, 0.1) is 11.3 Å². The van der Waals surface area contributed by atoms with Gasteiger partial charge >= 0.3 is 0 Å². The number of carbonyl (C=O) groups is 1. The van der Waals surface area contributed by atoms with Gasteiger partial charge in [0.25, 0.3) is 0 Å². The predicted octanol–water partition coefficient (Wildman–Crippen LogP) is 1.32. The number of carbonyl (C=O) groups excluding carboxylic acids is 1. The van der Waals surface area contributed by atoms with Crippen LogP contribution in [0.4, 0.5) is 0 Å². The standard InChI is InChI=1S/C12H21NO2S/c14-6-2-10-1-5-13(8-10)11(15)7-12(9-16)3-4-12/h10,14,16H,1-9H2. The summed E-state index contributed by atoms with van der Waals surface area (Å²) in [5.41, 5.74) is 0.231. The third-order valence-electron chi connectivity index (χ3n) is 3.99. The lowest BCUT2D eigenvalue weighted by molar-refractivity contribution is -0.131. The zero-order valence-electron chi connectivity index (χ0n) is 9.69. The molecule has 0 radical (unpaired) electrons. The quantitative estimate of drug-likeness (QED) is 0.715. The van der Waals surface area contributed by atoms with Crippen molar-refractivity contribution < 1.29 is 9.90 Å². The first kappa shape index (κ1) is 12.2. The van der Waals surface area contributed by atoms with Gasteiger partial charge in [-0.25, -0.2) is 0 Å². The summed E-state index contributed by atoms with van der Waals surface area (Å²) in [6, 6.07) is 0. The van der Waals surface area contributed by atoms with Gasteiger partial charge in [-0.3, -0.25) is 4.79 Å². The number of likely N-dealkylation sites (tertiary alicyclic amines) is 1. The van der Waals surface area contributed by atoms with Crippen molar-refractivity contribution >= 4 is 18.5 Å². The minimum absolute atomic E-state index is 0.231. The Labute approximate surface area is 103 Å². The highest BCUT2D eigenvalue weighted by Crippen LogP contribution is 2.50. The molecule has 1 atom stereocenters. The van der Waals surface area contributed by atoms with Gasteiger partial charge in [-0.1, -0.05) is 0 Å². The Morgan fingerprint density at radius 1 is 1.50 bits per heavy atom. The second-order valence-corrected chi connectivity index (χ2v) is 5.66. The largest absolute Gasteiger partial charge is 0.396 e. The number of nitrogens with zero attached hydrogens (tertiary/aromatic N) is 1. The molecule has 1 aliphatic carbocycles. The van der Waals surface area contributed by atoms with Crippen LogP contribution in [0.3, 0.4) is 0 Å². The van der Waals surface area contributed by atoms with E-state index in [9.17, 15) is 4.79 Å². The van der Waals surface area contributed by atoms with Crippen molar-refractivity contribution in [1.82, 2.24) is 4.90 Å². The monoisotopic (exact) mass is 243 g/mol. The molecule has 2 fully saturated rings. The average Bonchev–Trinajstić information content (AvgIpc) is 2.88. The highest BCUT2D eigenvalue weighted by molar-refractivity contribution is 7.80. The molecule has 2 aliphatic rings. The van der Waals surface area contributed by atoms with Gasteiger partial charge in [0, 0.05) is 26.1 Å². The predicted molar refractivity (Wildman–Crippen MR) is 66.5 cm³/mol. The molecule has 1 heterocycles. The van der Waals surface area contributed by atoms with E-state index in [1.54, 1.807) is 0 Å². The summed E-state index contributed by atoms with van der Waals surface area (Å²) < 4.78 is 0. The second-order valence-electron chi connectivity index (χ2n) is 5.34. The van der Waals surface area contributed by atoms with Crippen molar-refractivity contribution in [2.24, 2.45) is 11.3 Å². The minimum Gasteiger partial charge on any atom is -0.396 e. The molecule has 0 bridgehead atoms. The van der Waals surface area contributed by atoms with Crippen molar-refractivity contribution in [1.29, 1.82) is 0 Å². The summed E-state index contributed by atoms with van der Waals surface area (Å²) in [5, 5.41) is 8.87. The van der Waals surface area contributed by atoms with Gasteiger partial charge in [-0.2, -0.15) is 12.6 Å². The second kappa shape index (κ2) is 4.96. The Kier molecular flexibility index (Phi) is 3.80.